The molecule has 8 heteroatoms. The molecule has 1 fully saturated rings. The number of fused-ring (bicyclic) bond motifs is 1. The second kappa shape index (κ2) is 11.3. The predicted molar refractivity (Wildman–Crippen MR) is 137 cm³/mol. The topological polar surface area (TPSA) is 120 Å². The number of aromatic hydroxyl groups is 1. The van der Waals surface area contributed by atoms with Gasteiger partial charge in [0.15, 0.2) is 0 Å². The lowest BCUT2D eigenvalue weighted by Crippen LogP contribution is -2.24. The average molecular weight is 472 g/mol. The molecule has 5 rings (SSSR count). The van der Waals surface area contributed by atoms with Crippen molar-refractivity contribution >= 4 is 34.9 Å². The third-order valence-corrected chi connectivity index (χ3v) is 6.01. The summed E-state index contributed by atoms with van der Waals surface area (Å²) in [6.07, 6.45) is 7.70. The molecule has 1 saturated carbocycles. The SMILES string of the molecule is Cc1ccc(O)cc1.O=CNc1cc2nc(-c3ccc(NC(=O)C4CCCCC4)cc3)[nH]c2cn1. The standard InChI is InChI=1S/C20H21N5O2.C7H8O/c26-12-22-18-10-16-17(11-21-18)25-19(24-16)13-6-8-15(9-7-13)23-20(27)14-4-2-1-3-5-14;1-6-2-4-7(8)5-3-6/h6-12,14H,1-5H2,(H,23,27)(H,24,25)(H,21,22,26);2-5,8H,1H3. The first kappa shape index (κ1) is 23.9. The lowest BCUT2D eigenvalue weighted by Gasteiger charge is -2.20. The van der Waals surface area contributed by atoms with Crippen molar-refractivity contribution in [2.45, 2.75) is 39.0 Å². The number of carbonyl (C=O) groups excluding carboxylic acids is 2. The number of aromatic nitrogens is 3. The Morgan fingerprint density at radius 2 is 1.77 bits per heavy atom. The number of rotatable bonds is 5. The van der Waals surface area contributed by atoms with Crippen molar-refractivity contribution in [1.82, 2.24) is 15.0 Å². The number of phenols is 1. The van der Waals surface area contributed by atoms with Gasteiger partial charge in [-0.3, -0.25) is 9.59 Å². The Morgan fingerprint density at radius 1 is 1.06 bits per heavy atom. The molecule has 4 N–H and O–H groups in total. The second-order valence-electron chi connectivity index (χ2n) is 8.67. The summed E-state index contributed by atoms with van der Waals surface area (Å²) < 4.78 is 0. The molecule has 0 unspecified atom stereocenters. The highest BCUT2D eigenvalue weighted by Gasteiger charge is 2.21. The summed E-state index contributed by atoms with van der Waals surface area (Å²) in [6, 6.07) is 16.4. The van der Waals surface area contributed by atoms with Crippen LogP contribution in [0.1, 0.15) is 37.7 Å². The Labute approximate surface area is 203 Å². The average Bonchev–Trinajstić information content (AvgIpc) is 3.31. The number of pyridine rings is 1. The number of nitrogens with one attached hydrogen (secondary N) is 3. The van der Waals surface area contributed by atoms with E-state index >= 15 is 0 Å². The van der Waals surface area contributed by atoms with Crippen LogP contribution in [0.2, 0.25) is 0 Å². The number of phenolic OH excluding ortho intramolecular Hbond substituents is 1. The van der Waals surface area contributed by atoms with Crippen molar-refractivity contribution < 1.29 is 14.7 Å². The van der Waals surface area contributed by atoms with Crippen LogP contribution in [0, 0.1) is 12.8 Å². The molecule has 0 bridgehead atoms. The Bertz CT molecular complexity index is 1260. The highest BCUT2D eigenvalue weighted by atomic mass is 16.3. The molecular formula is C27H29N5O3. The molecule has 1 aliphatic carbocycles. The first-order valence-corrected chi connectivity index (χ1v) is 11.7. The Hall–Kier alpha value is -4.20. The fourth-order valence-corrected chi connectivity index (χ4v) is 4.05. The lowest BCUT2D eigenvalue weighted by molar-refractivity contribution is -0.120. The van der Waals surface area contributed by atoms with E-state index in [1.165, 1.54) is 12.0 Å². The highest BCUT2D eigenvalue weighted by Crippen LogP contribution is 2.26. The van der Waals surface area contributed by atoms with Crippen molar-refractivity contribution in [2.75, 3.05) is 10.6 Å². The molecule has 0 radical (unpaired) electrons. The fraction of sp³-hybridized carbons (Fsp3) is 0.259. The van der Waals surface area contributed by atoms with Gasteiger partial charge in [-0.05, 0) is 56.2 Å². The number of carbonyl (C=O) groups is 2. The van der Waals surface area contributed by atoms with Gasteiger partial charge in [-0.15, -0.1) is 0 Å². The number of hydrogen-bond donors (Lipinski definition) is 4. The van der Waals surface area contributed by atoms with E-state index in [1.807, 2.05) is 43.3 Å². The van der Waals surface area contributed by atoms with E-state index in [0.29, 0.717) is 23.8 Å². The van der Waals surface area contributed by atoms with Crippen LogP contribution in [-0.2, 0) is 9.59 Å². The summed E-state index contributed by atoms with van der Waals surface area (Å²) >= 11 is 0. The van der Waals surface area contributed by atoms with Gasteiger partial charge >= 0.3 is 0 Å². The van der Waals surface area contributed by atoms with Gasteiger partial charge in [0.2, 0.25) is 12.3 Å². The number of aryl methyl sites for hydroxylation is 1. The van der Waals surface area contributed by atoms with E-state index in [2.05, 4.69) is 25.6 Å². The third-order valence-electron chi connectivity index (χ3n) is 6.01. The summed E-state index contributed by atoms with van der Waals surface area (Å²) in [5.74, 6) is 1.75. The van der Waals surface area contributed by atoms with Crippen molar-refractivity contribution in [3.05, 3.63) is 66.4 Å². The third kappa shape index (κ3) is 6.44. The van der Waals surface area contributed by atoms with Gasteiger partial charge in [-0.2, -0.15) is 0 Å². The zero-order valence-corrected chi connectivity index (χ0v) is 19.6. The molecule has 8 nitrogen and oxygen atoms in total. The molecule has 2 heterocycles. The van der Waals surface area contributed by atoms with E-state index in [1.54, 1.807) is 24.4 Å². The molecule has 0 aliphatic heterocycles. The molecule has 35 heavy (non-hydrogen) atoms. The molecule has 4 aromatic rings. The van der Waals surface area contributed by atoms with Crippen molar-refractivity contribution in [2.24, 2.45) is 5.92 Å². The lowest BCUT2D eigenvalue weighted by atomic mass is 9.88. The summed E-state index contributed by atoms with van der Waals surface area (Å²) in [5.41, 5.74) is 4.38. The number of nitrogens with zero attached hydrogens (tertiary/aromatic N) is 2. The van der Waals surface area contributed by atoms with Crippen LogP contribution >= 0.6 is 0 Å². The summed E-state index contributed by atoms with van der Waals surface area (Å²) in [5, 5.41) is 14.3. The number of imidazole rings is 1. The molecule has 0 saturated heterocycles. The first-order valence-electron chi connectivity index (χ1n) is 11.7. The van der Waals surface area contributed by atoms with Crippen molar-refractivity contribution in [3.8, 4) is 17.1 Å². The van der Waals surface area contributed by atoms with Crippen LogP contribution in [0.4, 0.5) is 11.5 Å². The highest BCUT2D eigenvalue weighted by molar-refractivity contribution is 5.93. The van der Waals surface area contributed by atoms with Crippen LogP contribution in [-0.4, -0.2) is 32.4 Å². The minimum Gasteiger partial charge on any atom is -0.508 e. The molecule has 0 atom stereocenters. The van der Waals surface area contributed by atoms with Crippen LogP contribution < -0.4 is 10.6 Å². The minimum absolute atomic E-state index is 0.118. The van der Waals surface area contributed by atoms with Crippen molar-refractivity contribution in [1.29, 1.82) is 0 Å². The molecule has 0 spiro atoms. The van der Waals surface area contributed by atoms with Crippen LogP contribution in [0.5, 0.6) is 5.75 Å². The number of benzene rings is 2. The Balaban J connectivity index is 0.000000308. The van der Waals surface area contributed by atoms with Gasteiger partial charge in [-0.1, -0.05) is 37.0 Å². The summed E-state index contributed by atoms with van der Waals surface area (Å²) in [4.78, 5) is 34.8. The largest absolute Gasteiger partial charge is 0.508 e. The number of amides is 2. The molecule has 2 amide bonds. The van der Waals surface area contributed by atoms with Crippen molar-refractivity contribution in [3.63, 3.8) is 0 Å². The zero-order chi connectivity index (χ0) is 24.6. The Kier molecular flexibility index (Phi) is 7.72. The number of aromatic amines is 1. The number of hydrogen-bond acceptors (Lipinski definition) is 5. The van der Waals surface area contributed by atoms with E-state index in [0.717, 1.165) is 48.0 Å². The zero-order valence-electron chi connectivity index (χ0n) is 19.6. The monoisotopic (exact) mass is 471 g/mol. The van der Waals surface area contributed by atoms with E-state index in [-0.39, 0.29) is 11.8 Å². The van der Waals surface area contributed by atoms with Crippen LogP contribution in [0.3, 0.4) is 0 Å². The van der Waals surface area contributed by atoms with Gasteiger partial charge in [-0.25, -0.2) is 9.97 Å². The van der Waals surface area contributed by atoms with E-state index < -0.39 is 0 Å². The smallest absolute Gasteiger partial charge is 0.227 e. The van der Waals surface area contributed by atoms with Gasteiger partial charge in [0.25, 0.3) is 0 Å². The maximum atomic E-state index is 12.4. The maximum Gasteiger partial charge on any atom is 0.227 e. The van der Waals surface area contributed by atoms with Crippen LogP contribution in [0.15, 0.2) is 60.8 Å². The molecule has 2 aromatic heterocycles. The van der Waals surface area contributed by atoms with Gasteiger partial charge in [0, 0.05) is 23.2 Å². The molecule has 1 aliphatic rings. The van der Waals surface area contributed by atoms with Gasteiger partial charge < -0.3 is 20.7 Å². The normalized spacial score (nSPS) is 13.5. The molecule has 180 valence electrons. The number of anilines is 2. The van der Waals surface area contributed by atoms with Crippen LogP contribution in [0.25, 0.3) is 22.4 Å². The second-order valence-corrected chi connectivity index (χ2v) is 8.67. The number of H-pyrrole nitrogens is 1. The Morgan fingerprint density at radius 3 is 2.43 bits per heavy atom. The van der Waals surface area contributed by atoms with Gasteiger partial charge in [0.1, 0.15) is 17.4 Å². The fourth-order valence-electron chi connectivity index (χ4n) is 4.05. The minimum atomic E-state index is 0.118. The summed E-state index contributed by atoms with van der Waals surface area (Å²) in [7, 11) is 0. The maximum absolute atomic E-state index is 12.4. The van der Waals surface area contributed by atoms with E-state index in [4.69, 9.17) is 5.11 Å². The van der Waals surface area contributed by atoms with E-state index in [9.17, 15) is 9.59 Å². The first-order chi connectivity index (χ1) is 17.0. The quantitative estimate of drug-likeness (QED) is 0.290. The van der Waals surface area contributed by atoms with Gasteiger partial charge in [0.05, 0.1) is 17.2 Å². The predicted octanol–water partition coefficient (Wildman–Crippen LogP) is 5.41. The molecular weight excluding hydrogens is 442 g/mol. The molecule has 2 aromatic carbocycles. The summed E-state index contributed by atoms with van der Waals surface area (Å²) in [6.45, 7) is 1.99.